The summed E-state index contributed by atoms with van der Waals surface area (Å²) in [5.74, 6) is 5.94. The molecule has 1 aromatic carbocycles. The fourth-order valence-electron chi connectivity index (χ4n) is 1.97. The fraction of sp³-hybridized carbons (Fsp3) is 0.538. The van der Waals surface area contributed by atoms with Crippen molar-refractivity contribution in [1.29, 1.82) is 0 Å². The van der Waals surface area contributed by atoms with Crippen LogP contribution in [0.2, 0.25) is 5.02 Å². The van der Waals surface area contributed by atoms with Crippen molar-refractivity contribution in [1.82, 2.24) is 5.43 Å². The molecule has 1 unspecified atom stereocenters. The van der Waals surface area contributed by atoms with E-state index in [1.165, 1.54) is 0 Å². The summed E-state index contributed by atoms with van der Waals surface area (Å²) < 4.78 is 22.9. The lowest BCUT2D eigenvalue weighted by atomic mass is 9.98. The van der Waals surface area contributed by atoms with E-state index in [0.29, 0.717) is 17.9 Å². The molecule has 1 atom stereocenters. The first kappa shape index (κ1) is 16.4. The molecule has 0 radical (unpaired) electrons. The lowest BCUT2D eigenvalue weighted by molar-refractivity contribution is 0.505. The Balaban J connectivity index is 2.71. The number of nitrogens with one attached hydrogen (secondary N) is 1. The molecule has 0 heterocycles. The lowest BCUT2D eigenvalue weighted by Gasteiger charge is -2.18. The van der Waals surface area contributed by atoms with Gasteiger partial charge in [0.25, 0.3) is 0 Å². The van der Waals surface area contributed by atoms with Gasteiger partial charge in [-0.2, -0.15) is 0 Å². The van der Waals surface area contributed by atoms with E-state index in [9.17, 15) is 8.42 Å². The molecule has 0 spiro atoms. The van der Waals surface area contributed by atoms with E-state index >= 15 is 0 Å². The molecule has 0 aliphatic heterocycles. The molecule has 0 aliphatic rings. The first-order chi connectivity index (χ1) is 8.89. The summed E-state index contributed by atoms with van der Waals surface area (Å²) in [6.45, 7) is 3.65. The molecular weight excluding hydrogens is 284 g/mol. The Morgan fingerprint density at radius 3 is 2.68 bits per heavy atom. The average Bonchev–Trinajstić information content (AvgIpc) is 2.38. The van der Waals surface area contributed by atoms with Gasteiger partial charge in [0.05, 0.1) is 5.75 Å². The zero-order valence-electron chi connectivity index (χ0n) is 11.3. The summed E-state index contributed by atoms with van der Waals surface area (Å²) in [4.78, 5) is 0. The number of halogens is 1. The lowest BCUT2D eigenvalue weighted by Crippen LogP contribution is -2.29. The molecule has 0 bridgehead atoms. The predicted molar refractivity (Wildman–Crippen MR) is 79.8 cm³/mol. The van der Waals surface area contributed by atoms with Crippen LogP contribution < -0.4 is 11.3 Å². The first-order valence-corrected chi connectivity index (χ1v) is 8.52. The fourth-order valence-corrected chi connectivity index (χ4v) is 3.04. The molecule has 4 nitrogen and oxygen atoms in total. The third-order valence-corrected chi connectivity index (χ3v) is 5.23. The van der Waals surface area contributed by atoms with Crippen molar-refractivity contribution < 1.29 is 8.42 Å². The van der Waals surface area contributed by atoms with Crippen LogP contribution in [0.4, 0.5) is 0 Å². The summed E-state index contributed by atoms with van der Waals surface area (Å²) in [6.07, 6.45) is 1.24. The summed E-state index contributed by atoms with van der Waals surface area (Å²) in [6, 6.07) is 5.56. The van der Waals surface area contributed by atoms with Crippen molar-refractivity contribution in [2.45, 2.75) is 32.7 Å². The van der Waals surface area contributed by atoms with Gasteiger partial charge < -0.3 is 0 Å². The van der Waals surface area contributed by atoms with Crippen LogP contribution in [-0.2, 0) is 9.84 Å². The highest BCUT2D eigenvalue weighted by molar-refractivity contribution is 7.91. The van der Waals surface area contributed by atoms with Gasteiger partial charge >= 0.3 is 0 Å². The molecule has 19 heavy (non-hydrogen) atoms. The minimum Gasteiger partial charge on any atom is -0.271 e. The Bertz CT molecular complexity index is 517. The predicted octanol–water partition coefficient (Wildman–Crippen LogP) is 2.37. The van der Waals surface area contributed by atoms with Gasteiger partial charge in [-0.15, -0.1) is 0 Å². The van der Waals surface area contributed by atoms with Crippen LogP contribution in [0.15, 0.2) is 18.2 Å². The number of sulfone groups is 1. The van der Waals surface area contributed by atoms with Gasteiger partial charge in [-0.25, -0.2) is 8.42 Å². The Hall–Kier alpha value is -0.620. The SMILES string of the molecule is CCS(=O)(=O)CCCC(NN)c1cc(Cl)ccc1C. The maximum Gasteiger partial charge on any atom is 0.150 e. The van der Waals surface area contributed by atoms with Gasteiger partial charge in [0.15, 0.2) is 0 Å². The second-order valence-electron chi connectivity index (χ2n) is 4.60. The third-order valence-electron chi connectivity index (χ3n) is 3.21. The van der Waals surface area contributed by atoms with Gasteiger partial charge in [0, 0.05) is 16.8 Å². The Kier molecular flexibility index (Phi) is 6.26. The smallest absolute Gasteiger partial charge is 0.150 e. The monoisotopic (exact) mass is 304 g/mol. The summed E-state index contributed by atoms with van der Waals surface area (Å²) in [5, 5.41) is 0.655. The number of benzene rings is 1. The third kappa shape index (κ3) is 5.10. The van der Waals surface area contributed by atoms with Gasteiger partial charge in [-0.05, 0) is 43.0 Å². The second kappa shape index (κ2) is 7.24. The van der Waals surface area contributed by atoms with Crippen LogP contribution in [-0.4, -0.2) is 19.9 Å². The minimum atomic E-state index is -2.92. The molecule has 6 heteroatoms. The van der Waals surface area contributed by atoms with E-state index < -0.39 is 9.84 Å². The quantitative estimate of drug-likeness (QED) is 0.599. The Labute approximate surface area is 120 Å². The van der Waals surface area contributed by atoms with E-state index in [2.05, 4.69) is 5.43 Å². The maximum absolute atomic E-state index is 11.5. The number of nitrogens with two attached hydrogens (primary N) is 1. The molecular formula is C13H21ClN2O2S. The zero-order valence-corrected chi connectivity index (χ0v) is 12.9. The van der Waals surface area contributed by atoms with E-state index in [0.717, 1.165) is 11.1 Å². The van der Waals surface area contributed by atoms with E-state index in [1.807, 2.05) is 25.1 Å². The standard InChI is InChI=1S/C13H21ClN2O2S/c1-3-19(17,18)8-4-5-13(16-15)12-9-11(14)7-6-10(12)2/h6-7,9,13,16H,3-5,8,15H2,1-2H3. The van der Waals surface area contributed by atoms with Gasteiger partial charge in [-0.3, -0.25) is 11.3 Å². The highest BCUT2D eigenvalue weighted by Crippen LogP contribution is 2.24. The highest BCUT2D eigenvalue weighted by Gasteiger charge is 2.14. The van der Waals surface area contributed by atoms with Crippen LogP contribution in [0.1, 0.15) is 36.9 Å². The van der Waals surface area contributed by atoms with Gasteiger partial charge in [0.1, 0.15) is 9.84 Å². The van der Waals surface area contributed by atoms with Crippen molar-refractivity contribution in [3.8, 4) is 0 Å². The van der Waals surface area contributed by atoms with E-state index in [4.69, 9.17) is 17.4 Å². The zero-order chi connectivity index (χ0) is 14.5. The van der Waals surface area contributed by atoms with Gasteiger partial charge in [-0.1, -0.05) is 24.6 Å². The van der Waals surface area contributed by atoms with Crippen LogP contribution in [0.3, 0.4) is 0 Å². The maximum atomic E-state index is 11.5. The Morgan fingerprint density at radius 1 is 1.42 bits per heavy atom. The number of hydrogen-bond donors (Lipinski definition) is 2. The van der Waals surface area contributed by atoms with Gasteiger partial charge in [0.2, 0.25) is 0 Å². The first-order valence-electron chi connectivity index (χ1n) is 6.32. The minimum absolute atomic E-state index is 0.0780. The number of aryl methyl sites for hydroxylation is 1. The van der Waals surface area contributed by atoms with Crippen LogP contribution in [0, 0.1) is 6.92 Å². The Morgan fingerprint density at radius 2 is 2.11 bits per heavy atom. The molecule has 1 aromatic rings. The largest absolute Gasteiger partial charge is 0.271 e. The van der Waals surface area contributed by atoms with Crippen LogP contribution in [0.25, 0.3) is 0 Å². The van der Waals surface area contributed by atoms with Crippen molar-refractivity contribution in [3.63, 3.8) is 0 Å². The molecule has 0 fully saturated rings. The number of hydrazine groups is 1. The number of rotatable bonds is 7. The number of hydrogen-bond acceptors (Lipinski definition) is 4. The highest BCUT2D eigenvalue weighted by atomic mass is 35.5. The molecule has 0 saturated carbocycles. The second-order valence-corrected chi connectivity index (χ2v) is 7.51. The van der Waals surface area contributed by atoms with Crippen molar-refractivity contribution in [2.75, 3.05) is 11.5 Å². The van der Waals surface area contributed by atoms with E-state index in [1.54, 1.807) is 6.92 Å². The normalized spacial score (nSPS) is 13.5. The molecule has 0 aromatic heterocycles. The molecule has 108 valence electrons. The van der Waals surface area contributed by atoms with Crippen molar-refractivity contribution >= 4 is 21.4 Å². The van der Waals surface area contributed by atoms with Crippen molar-refractivity contribution in [2.24, 2.45) is 5.84 Å². The summed E-state index contributed by atoms with van der Waals surface area (Å²) in [7, 11) is -2.92. The molecule has 0 aliphatic carbocycles. The molecule has 0 amide bonds. The molecule has 1 rings (SSSR count). The topological polar surface area (TPSA) is 72.2 Å². The van der Waals surface area contributed by atoms with E-state index in [-0.39, 0.29) is 17.5 Å². The van der Waals surface area contributed by atoms with Crippen LogP contribution in [0.5, 0.6) is 0 Å². The summed E-state index contributed by atoms with van der Waals surface area (Å²) >= 11 is 5.98. The van der Waals surface area contributed by atoms with Crippen molar-refractivity contribution in [3.05, 3.63) is 34.3 Å². The average molecular weight is 305 g/mol. The summed E-state index contributed by atoms with van der Waals surface area (Å²) in [5.41, 5.74) is 4.84. The molecule has 0 saturated heterocycles. The van der Waals surface area contributed by atoms with Crippen LogP contribution >= 0.6 is 11.6 Å². The molecule has 3 N–H and O–H groups in total.